The van der Waals surface area contributed by atoms with Gasteiger partial charge in [0.15, 0.2) is 5.84 Å². The van der Waals surface area contributed by atoms with Gasteiger partial charge in [-0.1, -0.05) is 28.9 Å². The highest BCUT2D eigenvalue weighted by atomic mass is 35.5. The number of benzene rings is 3. The SMILES string of the molecule is O=S(=O)(/N=C(\c1ccc(F)cc1)n1nnc2ccccc21)c1ccc(Cl)cc1. The number of rotatable bonds is 3. The molecule has 0 fully saturated rings. The highest BCUT2D eigenvalue weighted by molar-refractivity contribution is 7.90. The van der Waals surface area contributed by atoms with Crippen molar-refractivity contribution in [3.63, 3.8) is 0 Å². The largest absolute Gasteiger partial charge is 0.284 e. The summed E-state index contributed by atoms with van der Waals surface area (Å²) in [5.74, 6) is -0.448. The third kappa shape index (κ3) is 3.51. The lowest BCUT2D eigenvalue weighted by molar-refractivity contribution is 0.597. The predicted octanol–water partition coefficient (Wildman–Crippen LogP) is 3.91. The Morgan fingerprint density at radius 1 is 0.964 bits per heavy atom. The zero-order chi connectivity index (χ0) is 19.7. The molecule has 0 aliphatic carbocycles. The van der Waals surface area contributed by atoms with Gasteiger partial charge in [0.1, 0.15) is 11.3 Å². The Kier molecular flexibility index (Phi) is 4.66. The topological polar surface area (TPSA) is 77.2 Å². The Bertz CT molecular complexity index is 1280. The van der Waals surface area contributed by atoms with Gasteiger partial charge in [-0.2, -0.15) is 13.1 Å². The van der Waals surface area contributed by atoms with Gasteiger partial charge in [-0.25, -0.2) is 4.39 Å². The van der Waals surface area contributed by atoms with Crippen molar-refractivity contribution >= 4 is 38.5 Å². The Morgan fingerprint density at radius 2 is 1.64 bits per heavy atom. The summed E-state index contributed by atoms with van der Waals surface area (Å²) in [5.41, 5.74) is 1.51. The van der Waals surface area contributed by atoms with Crippen molar-refractivity contribution in [2.75, 3.05) is 0 Å². The molecular formula is C19H12ClFN4O2S. The maximum absolute atomic E-state index is 13.4. The van der Waals surface area contributed by atoms with Crippen LogP contribution in [-0.4, -0.2) is 29.2 Å². The van der Waals surface area contributed by atoms with Crippen molar-refractivity contribution in [3.8, 4) is 0 Å². The molecule has 1 heterocycles. The molecule has 0 aliphatic rings. The Hall–Kier alpha value is -3.10. The molecule has 0 N–H and O–H groups in total. The van der Waals surface area contributed by atoms with Crippen molar-refractivity contribution in [2.24, 2.45) is 4.40 Å². The van der Waals surface area contributed by atoms with Gasteiger partial charge in [-0.05, 0) is 60.7 Å². The van der Waals surface area contributed by atoms with Gasteiger partial charge < -0.3 is 0 Å². The first kappa shape index (κ1) is 18.3. The van der Waals surface area contributed by atoms with Crippen LogP contribution in [0.1, 0.15) is 5.56 Å². The molecule has 3 aromatic carbocycles. The normalized spacial score (nSPS) is 12.4. The molecule has 0 spiro atoms. The fourth-order valence-electron chi connectivity index (χ4n) is 2.61. The minimum absolute atomic E-state index is 0.00338. The number of nitrogens with zero attached hydrogens (tertiary/aromatic N) is 4. The van der Waals surface area contributed by atoms with Gasteiger partial charge in [0.05, 0.1) is 10.4 Å². The van der Waals surface area contributed by atoms with Crippen LogP contribution in [-0.2, 0) is 10.0 Å². The van der Waals surface area contributed by atoms with Crippen molar-refractivity contribution in [1.82, 2.24) is 15.0 Å². The highest BCUT2D eigenvalue weighted by Crippen LogP contribution is 2.19. The lowest BCUT2D eigenvalue weighted by Crippen LogP contribution is -2.18. The molecule has 28 heavy (non-hydrogen) atoms. The van der Waals surface area contributed by atoms with Gasteiger partial charge >= 0.3 is 0 Å². The minimum atomic E-state index is -4.08. The van der Waals surface area contributed by atoms with Crippen molar-refractivity contribution < 1.29 is 12.8 Å². The average molecular weight is 415 g/mol. The molecule has 0 saturated heterocycles. The summed E-state index contributed by atoms with van der Waals surface area (Å²) < 4.78 is 44.4. The Balaban J connectivity index is 1.94. The van der Waals surface area contributed by atoms with E-state index in [1.165, 1.54) is 53.2 Å². The molecule has 0 unspecified atom stereocenters. The third-order valence-corrected chi connectivity index (χ3v) is 5.51. The zero-order valence-electron chi connectivity index (χ0n) is 14.2. The Morgan fingerprint density at radius 3 is 2.36 bits per heavy atom. The van der Waals surface area contributed by atoms with E-state index in [0.29, 0.717) is 21.6 Å². The van der Waals surface area contributed by atoms with Crippen molar-refractivity contribution in [3.05, 3.63) is 89.2 Å². The predicted molar refractivity (Wildman–Crippen MR) is 105 cm³/mol. The number of halogens is 2. The van der Waals surface area contributed by atoms with Crippen LogP contribution in [0.25, 0.3) is 11.0 Å². The summed E-state index contributed by atoms with van der Waals surface area (Å²) in [7, 11) is -4.08. The summed E-state index contributed by atoms with van der Waals surface area (Å²) >= 11 is 5.84. The van der Waals surface area contributed by atoms with Gasteiger partial charge in [-0.15, -0.1) is 9.50 Å². The van der Waals surface area contributed by atoms with Crippen molar-refractivity contribution in [1.29, 1.82) is 0 Å². The number of hydrogen-bond donors (Lipinski definition) is 0. The molecule has 4 aromatic rings. The van der Waals surface area contributed by atoms with E-state index in [1.807, 2.05) is 0 Å². The molecule has 0 atom stereocenters. The van der Waals surface area contributed by atoms with E-state index in [4.69, 9.17) is 11.6 Å². The molecule has 0 bridgehead atoms. The van der Waals surface area contributed by atoms with E-state index in [2.05, 4.69) is 14.7 Å². The van der Waals surface area contributed by atoms with E-state index in [9.17, 15) is 12.8 Å². The van der Waals surface area contributed by atoms with Crippen LogP contribution in [0, 0.1) is 5.82 Å². The third-order valence-electron chi connectivity index (χ3n) is 3.97. The van der Waals surface area contributed by atoms with Crippen LogP contribution in [0.15, 0.2) is 82.1 Å². The molecule has 0 saturated carbocycles. The number of hydrogen-bond acceptors (Lipinski definition) is 4. The lowest BCUT2D eigenvalue weighted by Gasteiger charge is -2.08. The fourth-order valence-corrected chi connectivity index (χ4v) is 3.73. The number of sulfonamides is 1. The van der Waals surface area contributed by atoms with E-state index in [1.54, 1.807) is 24.3 Å². The van der Waals surface area contributed by atoms with Crippen LogP contribution in [0.4, 0.5) is 4.39 Å². The summed E-state index contributed by atoms with van der Waals surface area (Å²) in [4.78, 5) is -0.0269. The first-order chi connectivity index (χ1) is 13.4. The summed E-state index contributed by atoms with van der Waals surface area (Å²) in [6.45, 7) is 0. The summed E-state index contributed by atoms with van der Waals surface area (Å²) in [5, 5.41) is 8.49. The molecule has 140 valence electrons. The molecule has 9 heteroatoms. The molecule has 0 aliphatic heterocycles. The zero-order valence-corrected chi connectivity index (χ0v) is 15.8. The van der Waals surface area contributed by atoms with Crippen LogP contribution in [0.3, 0.4) is 0 Å². The maximum atomic E-state index is 13.4. The van der Waals surface area contributed by atoms with E-state index in [-0.39, 0.29) is 10.7 Å². The molecule has 4 rings (SSSR count). The Labute approximate surface area is 165 Å². The van der Waals surface area contributed by atoms with Crippen LogP contribution >= 0.6 is 11.6 Å². The standard InChI is InChI=1S/C19H12ClFN4O2S/c20-14-7-11-16(12-8-14)28(26,27)23-19(13-5-9-15(21)10-6-13)25-18-4-2-1-3-17(18)22-24-25/h1-12H/b23-19+. The van der Waals surface area contributed by atoms with Crippen LogP contribution in [0.2, 0.25) is 5.02 Å². The van der Waals surface area contributed by atoms with Crippen molar-refractivity contribution in [2.45, 2.75) is 4.90 Å². The molecule has 0 amide bonds. The monoisotopic (exact) mass is 414 g/mol. The molecule has 1 aromatic heterocycles. The smallest absolute Gasteiger partial charge is 0.207 e. The number of aromatic nitrogens is 3. The fraction of sp³-hybridized carbons (Fsp3) is 0. The van der Waals surface area contributed by atoms with Gasteiger partial charge in [0, 0.05) is 10.6 Å². The quantitative estimate of drug-likeness (QED) is 0.376. The highest BCUT2D eigenvalue weighted by Gasteiger charge is 2.19. The first-order valence-electron chi connectivity index (χ1n) is 8.11. The van der Waals surface area contributed by atoms with Gasteiger partial charge in [0.2, 0.25) is 0 Å². The van der Waals surface area contributed by atoms with Gasteiger partial charge in [0.25, 0.3) is 10.0 Å². The van der Waals surface area contributed by atoms with E-state index >= 15 is 0 Å². The number of para-hydroxylation sites is 1. The second kappa shape index (κ2) is 7.14. The summed E-state index contributed by atoms with van der Waals surface area (Å²) in [6, 6.07) is 18.0. The summed E-state index contributed by atoms with van der Waals surface area (Å²) in [6.07, 6.45) is 0. The second-order valence-corrected chi connectivity index (χ2v) is 7.88. The van der Waals surface area contributed by atoms with Gasteiger partial charge in [-0.3, -0.25) is 0 Å². The number of fused-ring (bicyclic) bond motifs is 1. The minimum Gasteiger partial charge on any atom is -0.207 e. The second-order valence-electron chi connectivity index (χ2n) is 5.84. The van der Waals surface area contributed by atoms with E-state index in [0.717, 1.165) is 0 Å². The van der Waals surface area contributed by atoms with E-state index < -0.39 is 15.8 Å². The molecular weight excluding hydrogens is 403 g/mol. The molecule has 0 radical (unpaired) electrons. The lowest BCUT2D eigenvalue weighted by atomic mass is 10.2. The van der Waals surface area contributed by atoms with Crippen LogP contribution in [0.5, 0.6) is 0 Å². The maximum Gasteiger partial charge on any atom is 0.284 e. The molecule has 6 nitrogen and oxygen atoms in total. The first-order valence-corrected chi connectivity index (χ1v) is 9.93. The van der Waals surface area contributed by atoms with Crippen LogP contribution < -0.4 is 0 Å². The average Bonchev–Trinajstić information content (AvgIpc) is 3.11.